The Morgan fingerprint density at radius 3 is 1.83 bits per heavy atom. The predicted octanol–water partition coefficient (Wildman–Crippen LogP) is 5.45. The Morgan fingerprint density at radius 2 is 1.24 bits per heavy atom. The second-order valence-electron chi connectivity index (χ2n) is 27.1. The number of rotatable bonds is 13. The molecule has 2 aromatic carbocycles. The number of hydrogen-bond acceptors (Lipinski definition) is 12. The van der Waals surface area contributed by atoms with Crippen LogP contribution in [0.4, 0.5) is 13.2 Å². The lowest BCUT2D eigenvalue weighted by molar-refractivity contribution is -0.154. The van der Waals surface area contributed by atoms with Crippen molar-refractivity contribution in [2.75, 3.05) is 89.1 Å². The van der Waals surface area contributed by atoms with E-state index >= 15 is 19.2 Å². The highest BCUT2D eigenvalue weighted by Crippen LogP contribution is 2.36. The number of likely N-dealkylation sites (N-methyl/N-ethyl adjacent to an activating group) is 8. The van der Waals surface area contributed by atoms with Crippen molar-refractivity contribution in [3.8, 4) is 0 Å². The maximum Gasteiger partial charge on any atom is 0.417 e. The Balaban J connectivity index is 1.64. The topological polar surface area (TPSA) is 270 Å². The van der Waals surface area contributed by atoms with Crippen molar-refractivity contribution in [2.45, 2.75) is 179 Å². The summed E-state index contributed by atoms with van der Waals surface area (Å²) in [6, 6.07) is -1.57. The van der Waals surface area contributed by atoms with Gasteiger partial charge < -0.3 is 60.0 Å². The summed E-state index contributed by atoms with van der Waals surface area (Å²) in [5, 5.41) is 7.80. The molecule has 9 atom stereocenters. The number of likely N-dealkylation sites (tertiary alicyclic amines) is 1. The largest absolute Gasteiger partial charge is 0.417 e. The van der Waals surface area contributed by atoms with Crippen LogP contribution in [0.25, 0.3) is 0 Å². The molecule has 2 heterocycles. The molecular formula is C70H101Cl2F3N12O12. The van der Waals surface area contributed by atoms with E-state index in [0.717, 1.165) is 78.5 Å². The first-order chi connectivity index (χ1) is 46.4. The maximum atomic E-state index is 15.3. The van der Waals surface area contributed by atoms with Gasteiger partial charge in [-0.25, -0.2) is 0 Å². The van der Waals surface area contributed by atoms with E-state index in [1.807, 2.05) is 0 Å². The van der Waals surface area contributed by atoms with Crippen molar-refractivity contribution >= 4 is 94.1 Å². The van der Waals surface area contributed by atoms with E-state index in [1.54, 1.807) is 52.0 Å². The van der Waals surface area contributed by atoms with Crippen LogP contribution in [0.2, 0.25) is 10.0 Å². The van der Waals surface area contributed by atoms with Gasteiger partial charge in [-0.3, -0.25) is 57.5 Å². The summed E-state index contributed by atoms with van der Waals surface area (Å²) >= 11 is 12.9. The van der Waals surface area contributed by atoms with E-state index in [4.69, 9.17) is 23.2 Å². The average Bonchev–Trinajstić information content (AvgIpc) is 1.32. The Labute approximate surface area is 589 Å². The fraction of sp³-hybridized carbons (Fsp3) is 0.629. The molecule has 2 aliphatic heterocycles. The van der Waals surface area contributed by atoms with Gasteiger partial charge in [0.15, 0.2) is 0 Å². The molecule has 99 heavy (non-hydrogen) atoms. The minimum atomic E-state index is -4.80. The molecule has 0 aromatic heterocycles. The highest BCUT2D eigenvalue weighted by molar-refractivity contribution is 6.31. The van der Waals surface area contributed by atoms with Crippen molar-refractivity contribution in [2.24, 2.45) is 17.8 Å². The maximum absolute atomic E-state index is 15.3. The fourth-order valence-electron chi connectivity index (χ4n) is 12.9. The van der Waals surface area contributed by atoms with Crippen molar-refractivity contribution in [3.05, 3.63) is 81.9 Å². The molecule has 2 aromatic rings. The van der Waals surface area contributed by atoms with Gasteiger partial charge in [-0.15, -0.1) is 6.58 Å². The highest BCUT2D eigenvalue weighted by Gasteiger charge is 2.44. The Bertz CT molecular complexity index is 3260. The molecule has 29 heteroatoms. The smallest absolute Gasteiger partial charge is 0.343 e. The van der Waals surface area contributed by atoms with Crippen molar-refractivity contribution in [1.82, 2.24) is 60.0 Å². The number of hydrogen-bond donors (Lipinski definition) is 3. The van der Waals surface area contributed by atoms with Crippen molar-refractivity contribution < 1.29 is 70.7 Å². The molecule has 0 radical (unpaired) electrons. The van der Waals surface area contributed by atoms with Gasteiger partial charge in [-0.2, -0.15) is 13.2 Å². The van der Waals surface area contributed by atoms with Gasteiger partial charge in [0.1, 0.15) is 48.3 Å². The van der Waals surface area contributed by atoms with Crippen LogP contribution in [-0.4, -0.2) is 252 Å². The lowest BCUT2D eigenvalue weighted by atomic mass is 9.84. The van der Waals surface area contributed by atoms with Crippen LogP contribution in [0.5, 0.6) is 0 Å². The van der Waals surface area contributed by atoms with Crippen molar-refractivity contribution in [1.29, 1.82) is 0 Å². The van der Waals surface area contributed by atoms with Gasteiger partial charge in [-0.1, -0.05) is 120 Å². The molecule has 5 rings (SSSR count). The third-order valence-electron chi connectivity index (χ3n) is 19.6. The van der Waals surface area contributed by atoms with Crippen LogP contribution in [0, 0.1) is 17.8 Å². The van der Waals surface area contributed by atoms with Crippen LogP contribution in [-0.2, 0) is 76.6 Å². The van der Waals surface area contributed by atoms with E-state index in [-0.39, 0.29) is 48.6 Å². The van der Waals surface area contributed by atoms with Crippen LogP contribution >= 0.6 is 23.2 Å². The zero-order valence-electron chi connectivity index (χ0n) is 59.4. The summed E-state index contributed by atoms with van der Waals surface area (Å²) in [5.41, 5.74) is -0.502. The van der Waals surface area contributed by atoms with Crippen LogP contribution in [0.3, 0.4) is 0 Å². The summed E-state index contributed by atoms with van der Waals surface area (Å²) in [6.45, 7) is 11.0. The summed E-state index contributed by atoms with van der Waals surface area (Å²) in [5.74, 6) is -10.2. The summed E-state index contributed by atoms with van der Waals surface area (Å²) in [4.78, 5) is 187. The van der Waals surface area contributed by atoms with Gasteiger partial charge in [0.25, 0.3) is 0 Å². The fourth-order valence-corrected chi connectivity index (χ4v) is 13.4. The predicted molar refractivity (Wildman–Crippen MR) is 368 cm³/mol. The van der Waals surface area contributed by atoms with Crippen LogP contribution in [0.15, 0.2) is 55.1 Å². The van der Waals surface area contributed by atoms with E-state index in [0.29, 0.717) is 37.9 Å². The molecule has 0 unspecified atom stereocenters. The molecule has 1 saturated carbocycles. The third kappa shape index (κ3) is 21.8. The molecule has 548 valence electrons. The molecule has 3 fully saturated rings. The molecular weight excluding hydrogens is 1330 g/mol. The lowest BCUT2D eigenvalue weighted by Crippen LogP contribution is -2.61. The monoisotopic (exact) mass is 1430 g/mol. The summed E-state index contributed by atoms with van der Waals surface area (Å²) in [6.07, 6.45) is 1.05. The molecule has 0 spiro atoms. The minimum absolute atomic E-state index is 0.0121. The van der Waals surface area contributed by atoms with E-state index in [1.165, 1.54) is 85.2 Å². The highest BCUT2D eigenvalue weighted by atomic mass is 35.5. The quantitative estimate of drug-likeness (QED) is 0.212. The second-order valence-corrected chi connectivity index (χ2v) is 27.9. The lowest BCUT2D eigenvalue weighted by Gasteiger charge is -2.39. The summed E-state index contributed by atoms with van der Waals surface area (Å²) < 4.78 is 41.7. The zero-order valence-corrected chi connectivity index (χ0v) is 60.9. The first-order valence-corrected chi connectivity index (χ1v) is 34.6. The number of aryl methyl sites for hydroxylation is 1. The standard InChI is InChI=1S/C70H101Cl2F3N12O12/c1-15-24-51-65(95)86(14)61(42(3)4)69(99)85(13)55(67(97)87-33-22-23-34-87)38-57(89)82(10)44(6)62(92)78-60(43(5)16-2)68(98)81(9)40-58(90)79(7)41-59(91)83(11)54(36-45-25-18-17-19-26-45)66(96)80(8)39-56(88)76-52(32-30-46-29-31-48(50(72)35-46)70(73,74)75)64(94)84(12)53(63(93)77-51)37-47-27-20-21-28-49(47)71/h15,20-21,27-29,31,35,42-45,51-55,60-61H,1,16-19,22-26,30,32-34,36-41H2,2-14H3,(H,76,88)(H,77,93)(H,78,92)/t43-,44-,51+,52-,53-,54-,55-,60-,61-/m0/s1. The minimum Gasteiger partial charge on any atom is -0.343 e. The Kier molecular flexibility index (Phi) is 30.6. The normalized spacial score (nSPS) is 24.8. The van der Waals surface area contributed by atoms with E-state index in [2.05, 4.69) is 22.5 Å². The SMILES string of the molecule is C=CC[C@H]1NC(=O)[C@H](Cc2ccccc2Cl)N(C)C(=O)[C@H](CCc2ccc(C(F)(F)F)c(Cl)c2)NC(=O)CN(C)C(=O)[C@H](CC2CCCCC2)N(C)C(=O)CN(C)C(=O)CN(C)C(=O)[C@H]([C@@H](C)CC)NC(=O)[C@H](C)N(C)C(=O)C[C@@H](C(=O)N2CCCC2)N(C)C(=O)[C@H](C(C)C)N(C)C1=O. The molecule has 3 aliphatic rings. The molecule has 0 bridgehead atoms. The molecule has 2 saturated heterocycles. The van der Waals surface area contributed by atoms with Gasteiger partial charge in [0, 0.05) is 80.9 Å². The first-order valence-electron chi connectivity index (χ1n) is 33.9. The summed E-state index contributed by atoms with van der Waals surface area (Å²) in [7, 11) is 10.7. The average molecular weight is 1430 g/mol. The molecule has 1 aliphatic carbocycles. The molecule has 24 nitrogen and oxygen atoms in total. The number of carbonyl (C=O) groups is 12. The Hall–Kier alpha value is -7.81. The number of nitrogens with zero attached hydrogens (tertiary/aromatic N) is 9. The van der Waals surface area contributed by atoms with Gasteiger partial charge in [0.2, 0.25) is 70.9 Å². The number of alkyl halides is 3. The first kappa shape index (κ1) is 81.9. The van der Waals surface area contributed by atoms with Crippen LogP contribution in [0.1, 0.15) is 128 Å². The zero-order chi connectivity index (χ0) is 74.1. The number of benzene rings is 2. The molecule has 12 amide bonds. The van der Waals surface area contributed by atoms with Gasteiger partial charge in [0.05, 0.1) is 36.6 Å². The van der Waals surface area contributed by atoms with E-state index < -0.39 is 174 Å². The third-order valence-corrected chi connectivity index (χ3v) is 20.3. The van der Waals surface area contributed by atoms with E-state index in [9.17, 15) is 51.5 Å². The van der Waals surface area contributed by atoms with Gasteiger partial charge in [-0.05, 0) is 92.5 Å². The van der Waals surface area contributed by atoms with Crippen molar-refractivity contribution in [3.63, 3.8) is 0 Å². The number of halogens is 5. The Morgan fingerprint density at radius 1 is 0.636 bits per heavy atom. The number of nitrogens with one attached hydrogen (secondary N) is 3. The number of amides is 12. The van der Waals surface area contributed by atoms with Crippen LogP contribution < -0.4 is 16.0 Å². The number of carbonyl (C=O) groups excluding carboxylic acids is 12. The molecule has 3 N–H and O–H groups in total. The second kappa shape index (κ2) is 37.0. The van der Waals surface area contributed by atoms with Gasteiger partial charge >= 0.3 is 6.18 Å².